The van der Waals surface area contributed by atoms with Crippen molar-refractivity contribution in [1.29, 1.82) is 0 Å². The number of hydrogen-bond acceptors (Lipinski definition) is 4. The van der Waals surface area contributed by atoms with E-state index in [0.29, 0.717) is 19.4 Å². The summed E-state index contributed by atoms with van der Waals surface area (Å²) in [6.45, 7) is 2.62. The normalized spacial score (nSPS) is 22.9. The molecule has 0 radical (unpaired) electrons. The molecule has 0 aromatic heterocycles. The minimum atomic E-state index is -0.255. The van der Waals surface area contributed by atoms with Crippen LogP contribution in [0, 0.1) is 0 Å². The third-order valence-electron chi connectivity index (χ3n) is 3.45. The Morgan fingerprint density at radius 1 is 1.61 bits per heavy atom. The third-order valence-corrected chi connectivity index (χ3v) is 3.45. The highest BCUT2D eigenvalue weighted by Gasteiger charge is 2.29. The molecule has 2 unspecified atom stereocenters. The van der Waals surface area contributed by atoms with Gasteiger partial charge in [-0.3, -0.25) is 4.79 Å². The fourth-order valence-electron chi connectivity index (χ4n) is 2.19. The van der Waals surface area contributed by atoms with Crippen LogP contribution in [0.2, 0.25) is 0 Å². The first-order valence-electron chi connectivity index (χ1n) is 6.39. The summed E-state index contributed by atoms with van der Waals surface area (Å²) in [4.78, 5) is 13.9. The van der Waals surface area contributed by atoms with Crippen LogP contribution >= 0.6 is 0 Å². The predicted octanol–water partition coefficient (Wildman–Crippen LogP) is 0.929. The van der Waals surface area contributed by atoms with Crippen molar-refractivity contribution < 1.29 is 14.7 Å². The molecule has 6 nitrogen and oxygen atoms in total. The molecule has 0 aromatic carbocycles. The minimum Gasteiger partial charge on any atom is -0.409 e. The number of methoxy groups -OCH3 is 1. The molecule has 18 heavy (non-hydrogen) atoms. The summed E-state index contributed by atoms with van der Waals surface area (Å²) in [5.74, 6) is 0.179. The molecule has 0 spiro atoms. The van der Waals surface area contributed by atoms with E-state index >= 15 is 0 Å². The van der Waals surface area contributed by atoms with Gasteiger partial charge in [-0.2, -0.15) is 0 Å². The van der Waals surface area contributed by atoms with Crippen LogP contribution < -0.4 is 5.73 Å². The van der Waals surface area contributed by atoms with Gasteiger partial charge in [0.15, 0.2) is 5.84 Å². The highest BCUT2D eigenvalue weighted by atomic mass is 16.5. The summed E-state index contributed by atoms with van der Waals surface area (Å²) in [5.41, 5.74) is 5.64. The lowest BCUT2D eigenvalue weighted by molar-refractivity contribution is -0.134. The van der Waals surface area contributed by atoms with Crippen molar-refractivity contribution in [3.05, 3.63) is 0 Å². The van der Waals surface area contributed by atoms with Gasteiger partial charge in [0.05, 0.1) is 12.1 Å². The van der Waals surface area contributed by atoms with Crippen molar-refractivity contribution in [3.63, 3.8) is 0 Å². The Bertz CT molecular complexity index is 307. The van der Waals surface area contributed by atoms with Gasteiger partial charge in [-0.1, -0.05) is 5.16 Å². The molecule has 0 bridgehead atoms. The Balaban J connectivity index is 2.57. The van der Waals surface area contributed by atoms with E-state index in [9.17, 15) is 4.79 Å². The second-order valence-electron chi connectivity index (χ2n) is 4.71. The molecular weight excluding hydrogens is 234 g/mol. The van der Waals surface area contributed by atoms with Gasteiger partial charge in [0.25, 0.3) is 0 Å². The van der Waals surface area contributed by atoms with E-state index in [0.717, 1.165) is 19.3 Å². The second-order valence-corrected chi connectivity index (χ2v) is 4.71. The van der Waals surface area contributed by atoms with E-state index in [4.69, 9.17) is 15.7 Å². The maximum absolute atomic E-state index is 12.1. The first-order valence-corrected chi connectivity index (χ1v) is 6.39. The molecule has 1 heterocycles. The lowest BCUT2D eigenvalue weighted by atomic mass is 10.0. The van der Waals surface area contributed by atoms with Crippen molar-refractivity contribution in [3.8, 4) is 0 Å². The average molecular weight is 257 g/mol. The summed E-state index contributed by atoms with van der Waals surface area (Å²) in [6, 6.07) is -0.255. The van der Waals surface area contributed by atoms with Gasteiger partial charge in [0, 0.05) is 20.1 Å². The summed E-state index contributed by atoms with van der Waals surface area (Å²) < 4.78 is 5.12. The Labute approximate surface area is 108 Å². The zero-order valence-electron chi connectivity index (χ0n) is 11.1. The fraction of sp³-hybridized carbons (Fsp3) is 0.833. The molecular formula is C12H23N3O3. The number of amides is 1. The number of piperidine rings is 1. The van der Waals surface area contributed by atoms with Crippen molar-refractivity contribution in [1.82, 2.24) is 4.90 Å². The van der Waals surface area contributed by atoms with E-state index in [-0.39, 0.29) is 23.9 Å². The average Bonchev–Trinajstić information content (AvgIpc) is 2.43. The van der Waals surface area contributed by atoms with Crippen molar-refractivity contribution in [2.24, 2.45) is 10.9 Å². The summed E-state index contributed by atoms with van der Waals surface area (Å²) in [7, 11) is 1.63. The number of likely N-dealkylation sites (tertiary alicyclic amines) is 1. The first-order chi connectivity index (χ1) is 8.60. The van der Waals surface area contributed by atoms with Crippen molar-refractivity contribution >= 4 is 11.7 Å². The number of hydrogen-bond donors (Lipinski definition) is 2. The summed E-state index contributed by atoms with van der Waals surface area (Å²) in [6.07, 6.45) is 3.93. The third kappa shape index (κ3) is 3.87. The van der Waals surface area contributed by atoms with Crippen LogP contribution in [0.15, 0.2) is 5.16 Å². The molecule has 1 rings (SSSR count). The van der Waals surface area contributed by atoms with Crippen LogP contribution in [-0.4, -0.2) is 47.7 Å². The van der Waals surface area contributed by atoms with E-state index in [1.165, 1.54) is 0 Å². The predicted molar refractivity (Wildman–Crippen MR) is 68.5 cm³/mol. The number of nitrogens with two attached hydrogens (primary N) is 1. The molecule has 6 heteroatoms. The molecule has 0 aromatic rings. The van der Waals surface area contributed by atoms with Crippen molar-refractivity contribution in [2.75, 3.05) is 13.7 Å². The molecule has 0 saturated carbocycles. The number of carbonyl (C=O) groups is 1. The monoisotopic (exact) mass is 257 g/mol. The minimum absolute atomic E-state index is 0.0511. The number of oxime groups is 1. The topological polar surface area (TPSA) is 88.2 Å². The van der Waals surface area contributed by atoms with Gasteiger partial charge < -0.3 is 20.6 Å². The second kappa shape index (κ2) is 7.20. The van der Waals surface area contributed by atoms with Crippen LogP contribution in [0.3, 0.4) is 0 Å². The van der Waals surface area contributed by atoms with Gasteiger partial charge in [-0.25, -0.2) is 0 Å². The zero-order chi connectivity index (χ0) is 13.5. The summed E-state index contributed by atoms with van der Waals surface area (Å²) in [5, 5.41) is 11.8. The van der Waals surface area contributed by atoms with Crippen LogP contribution in [0.4, 0.5) is 0 Å². The maximum atomic E-state index is 12.1. The SMILES string of the molecule is COC(C)CCC(=O)N1CCCCC1C(N)=NO. The van der Waals surface area contributed by atoms with E-state index < -0.39 is 0 Å². The molecule has 1 aliphatic rings. The van der Waals surface area contributed by atoms with Gasteiger partial charge in [-0.15, -0.1) is 0 Å². The van der Waals surface area contributed by atoms with E-state index in [2.05, 4.69) is 5.16 Å². The molecule has 1 aliphatic heterocycles. The first kappa shape index (κ1) is 14.8. The lowest BCUT2D eigenvalue weighted by Gasteiger charge is -2.35. The quantitative estimate of drug-likeness (QED) is 0.332. The number of ether oxygens (including phenoxy) is 1. The molecule has 0 aliphatic carbocycles. The molecule has 1 fully saturated rings. The van der Waals surface area contributed by atoms with Crippen LogP contribution in [0.5, 0.6) is 0 Å². The Kier molecular flexibility index (Phi) is 5.91. The van der Waals surface area contributed by atoms with E-state index in [1.807, 2.05) is 6.92 Å². The van der Waals surface area contributed by atoms with Crippen LogP contribution in [0.1, 0.15) is 39.0 Å². The van der Waals surface area contributed by atoms with Gasteiger partial charge >= 0.3 is 0 Å². The van der Waals surface area contributed by atoms with E-state index in [1.54, 1.807) is 12.0 Å². The Morgan fingerprint density at radius 2 is 2.33 bits per heavy atom. The van der Waals surface area contributed by atoms with Gasteiger partial charge in [0.1, 0.15) is 0 Å². The Hall–Kier alpha value is -1.30. The molecule has 104 valence electrons. The largest absolute Gasteiger partial charge is 0.409 e. The van der Waals surface area contributed by atoms with Crippen LogP contribution in [-0.2, 0) is 9.53 Å². The zero-order valence-corrected chi connectivity index (χ0v) is 11.1. The highest BCUT2D eigenvalue weighted by molar-refractivity contribution is 5.90. The maximum Gasteiger partial charge on any atom is 0.223 e. The van der Waals surface area contributed by atoms with Gasteiger partial charge in [-0.05, 0) is 32.6 Å². The standard InChI is InChI=1S/C12H23N3O3/c1-9(18-2)6-7-11(16)15-8-4-3-5-10(15)12(13)14-17/h9-10,17H,3-8H2,1-2H3,(H2,13,14). The number of nitrogens with zero attached hydrogens (tertiary/aromatic N) is 2. The molecule has 3 N–H and O–H groups in total. The van der Waals surface area contributed by atoms with Gasteiger partial charge in [0.2, 0.25) is 5.91 Å². The number of amidine groups is 1. The summed E-state index contributed by atoms with van der Waals surface area (Å²) >= 11 is 0. The lowest BCUT2D eigenvalue weighted by Crippen LogP contribution is -2.50. The number of carbonyl (C=O) groups excluding carboxylic acids is 1. The molecule has 1 amide bonds. The number of rotatable bonds is 5. The highest BCUT2D eigenvalue weighted by Crippen LogP contribution is 2.19. The molecule has 1 saturated heterocycles. The fourth-order valence-corrected chi connectivity index (χ4v) is 2.19. The smallest absolute Gasteiger partial charge is 0.223 e. The Morgan fingerprint density at radius 3 is 2.94 bits per heavy atom. The van der Waals surface area contributed by atoms with Crippen molar-refractivity contribution in [2.45, 2.75) is 51.2 Å². The van der Waals surface area contributed by atoms with Crippen LogP contribution in [0.25, 0.3) is 0 Å². The molecule has 2 atom stereocenters.